The van der Waals surface area contributed by atoms with E-state index in [9.17, 15) is 9.59 Å². The standard InChI is InChI=1S/C18H23N5O3S2/c1-2-26-14-10-6-5-9-13(14)20-17-22-23-18(28-17)27-11-15(24)21-16(25)19-12-7-3-4-8-12/h5-6,9-10,12H,2-4,7-8,11H2,1H3,(H,20,22)(H2,19,21,24,25). The van der Waals surface area contributed by atoms with Gasteiger partial charge in [-0.05, 0) is 31.9 Å². The number of urea groups is 1. The molecule has 3 rings (SSSR count). The van der Waals surface area contributed by atoms with E-state index in [1.165, 1.54) is 23.1 Å². The van der Waals surface area contributed by atoms with Gasteiger partial charge in [-0.25, -0.2) is 4.79 Å². The van der Waals surface area contributed by atoms with Gasteiger partial charge in [-0.15, -0.1) is 10.2 Å². The van der Waals surface area contributed by atoms with Gasteiger partial charge in [0.15, 0.2) is 4.34 Å². The molecule has 1 aliphatic carbocycles. The first kappa shape index (κ1) is 20.4. The van der Waals surface area contributed by atoms with E-state index in [0.717, 1.165) is 37.1 Å². The van der Waals surface area contributed by atoms with Gasteiger partial charge in [-0.2, -0.15) is 0 Å². The lowest BCUT2D eigenvalue weighted by atomic mass is 10.2. The number of carbonyl (C=O) groups is 2. The molecule has 1 aromatic carbocycles. The van der Waals surface area contributed by atoms with Gasteiger partial charge in [0.2, 0.25) is 11.0 Å². The Morgan fingerprint density at radius 1 is 1.25 bits per heavy atom. The molecule has 0 atom stereocenters. The van der Waals surface area contributed by atoms with E-state index in [-0.39, 0.29) is 17.7 Å². The summed E-state index contributed by atoms with van der Waals surface area (Å²) in [6.07, 6.45) is 4.20. The minimum absolute atomic E-state index is 0.0995. The number of ether oxygens (including phenoxy) is 1. The quantitative estimate of drug-likeness (QED) is 0.560. The van der Waals surface area contributed by atoms with Crippen LogP contribution in [0, 0.1) is 0 Å². The van der Waals surface area contributed by atoms with Gasteiger partial charge in [-0.3, -0.25) is 10.1 Å². The third-order valence-corrected chi connectivity index (χ3v) is 6.08. The second kappa shape index (κ2) is 10.3. The number of amides is 3. The number of anilines is 2. The summed E-state index contributed by atoms with van der Waals surface area (Å²) in [5.74, 6) is 0.483. The number of aromatic nitrogens is 2. The summed E-state index contributed by atoms with van der Waals surface area (Å²) >= 11 is 2.58. The van der Waals surface area contributed by atoms with Crippen LogP contribution in [-0.2, 0) is 4.79 Å². The minimum Gasteiger partial charge on any atom is -0.492 e. The molecule has 1 aliphatic rings. The summed E-state index contributed by atoms with van der Waals surface area (Å²) in [6.45, 7) is 2.49. The highest BCUT2D eigenvalue weighted by Gasteiger charge is 2.18. The molecular weight excluding hydrogens is 398 g/mol. The highest BCUT2D eigenvalue weighted by molar-refractivity contribution is 8.01. The molecule has 10 heteroatoms. The van der Waals surface area contributed by atoms with Crippen molar-refractivity contribution in [1.29, 1.82) is 0 Å². The Morgan fingerprint density at radius 3 is 2.82 bits per heavy atom. The molecule has 8 nitrogen and oxygen atoms in total. The van der Waals surface area contributed by atoms with Crippen molar-refractivity contribution in [1.82, 2.24) is 20.8 Å². The normalized spacial score (nSPS) is 13.9. The lowest BCUT2D eigenvalue weighted by Gasteiger charge is -2.11. The van der Waals surface area contributed by atoms with Crippen LogP contribution in [0.4, 0.5) is 15.6 Å². The van der Waals surface area contributed by atoms with Crippen LogP contribution in [0.15, 0.2) is 28.6 Å². The van der Waals surface area contributed by atoms with Crippen molar-refractivity contribution in [2.75, 3.05) is 17.7 Å². The molecule has 0 saturated heterocycles. The smallest absolute Gasteiger partial charge is 0.321 e. The number of rotatable bonds is 8. The van der Waals surface area contributed by atoms with Gasteiger partial charge in [0.05, 0.1) is 18.0 Å². The zero-order valence-electron chi connectivity index (χ0n) is 15.6. The minimum atomic E-state index is -0.426. The molecule has 1 saturated carbocycles. The molecule has 150 valence electrons. The average molecular weight is 422 g/mol. The Hall–Kier alpha value is -2.33. The van der Waals surface area contributed by atoms with Gasteiger partial charge >= 0.3 is 6.03 Å². The van der Waals surface area contributed by atoms with Crippen LogP contribution < -0.4 is 20.7 Å². The van der Waals surface area contributed by atoms with Gasteiger partial charge in [0, 0.05) is 6.04 Å². The Balaban J connectivity index is 1.45. The second-order valence-corrected chi connectivity index (χ2v) is 8.42. The summed E-state index contributed by atoms with van der Waals surface area (Å²) in [4.78, 5) is 23.8. The van der Waals surface area contributed by atoms with Gasteiger partial charge in [-0.1, -0.05) is 48.1 Å². The van der Waals surface area contributed by atoms with Crippen molar-refractivity contribution >= 4 is 45.9 Å². The first-order valence-corrected chi connectivity index (χ1v) is 11.0. The van der Waals surface area contributed by atoms with Crippen molar-refractivity contribution in [2.24, 2.45) is 0 Å². The molecule has 0 bridgehead atoms. The summed E-state index contributed by atoms with van der Waals surface area (Å²) in [7, 11) is 0. The van der Waals surface area contributed by atoms with Crippen molar-refractivity contribution in [3.05, 3.63) is 24.3 Å². The molecular formula is C18H23N5O3S2. The number of thioether (sulfide) groups is 1. The SMILES string of the molecule is CCOc1ccccc1Nc1nnc(SCC(=O)NC(=O)NC2CCCC2)s1. The predicted octanol–water partition coefficient (Wildman–Crippen LogP) is 3.54. The summed E-state index contributed by atoms with van der Waals surface area (Å²) in [5.41, 5.74) is 0.804. The molecule has 28 heavy (non-hydrogen) atoms. The lowest BCUT2D eigenvalue weighted by molar-refractivity contribution is -0.117. The van der Waals surface area contributed by atoms with Gasteiger partial charge < -0.3 is 15.4 Å². The third kappa shape index (κ3) is 6.10. The zero-order chi connectivity index (χ0) is 19.8. The molecule has 3 amide bonds. The van der Waals surface area contributed by atoms with Crippen LogP contribution in [0.2, 0.25) is 0 Å². The summed E-state index contributed by atoms with van der Waals surface area (Å²) < 4.78 is 6.22. The van der Waals surface area contributed by atoms with E-state index in [1.807, 2.05) is 31.2 Å². The van der Waals surface area contributed by atoms with Crippen LogP contribution in [-0.4, -0.2) is 40.5 Å². The maximum atomic E-state index is 11.9. The predicted molar refractivity (Wildman–Crippen MR) is 110 cm³/mol. The van der Waals surface area contributed by atoms with E-state index in [2.05, 4.69) is 26.1 Å². The Morgan fingerprint density at radius 2 is 2.04 bits per heavy atom. The maximum Gasteiger partial charge on any atom is 0.321 e. The Labute approximate surface area is 171 Å². The molecule has 3 N–H and O–H groups in total. The second-order valence-electron chi connectivity index (χ2n) is 6.22. The first-order valence-electron chi connectivity index (χ1n) is 9.19. The first-order chi connectivity index (χ1) is 13.6. The van der Waals surface area contributed by atoms with Gasteiger partial charge in [0.25, 0.3) is 0 Å². The van der Waals surface area contributed by atoms with E-state index in [1.54, 1.807) is 0 Å². The highest BCUT2D eigenvalue weighted by Crippen LogP contribution is 2.31. The van der Waals surface area contributed by atoms with E-state index in [4.69, 9.17) is 4.74 Å². The molecule has 0 spiro atoms. The monoisotopic (exact) mass is 421 g/mol. The van der Waals surface area contributed by atoms with Crippen LogP contribution in [0.25, 0.3) is 0 Å². The summed E-state index contributed by atoms with van der Waals surface area (Å²) in [6, 6.07) is 7.34. The average Bonchev–Trinajstić information content (AvgIpc) is 3.34. The zero-order valence-corrected chi connectivity index (χ0v) is 17.2. The van der Waals surface area contributed by atoms with Crippen molar-refractivity contribution in [3.63, 3.8) is 0 Å². The Kier molecular flexibility index (Phi) is 7.49. The Bertz CT molecular complexity index is 808. The number of hydrogen-bond donors (Lipinski definition) is 3. The third-order valence-electron chi connectivity index (χ3n) is 4.11. The van der Waals surface area contributed by atoms with Crippen molar-refractivity contribution in [2.45, 2.75) is 43.0 Å². The van der Waals surface area contributed by atoms with E-state index in [0.29, 0.717) is 16.1 Å². The largest absolute Gasteiger partial charge is 0.492 e. The number of nitrogens with zero attached hydrogens (tertiary/aromatic N) is 2. The molecule has 0 radical (unpaired) electrons. The summed E-state index contributed by atoms with van der Waals surface area (Å²) in [5, 5.41) is 17.1. The number of benzene rings is 1. The van der Waals surface area contributed by atoms with Crippen LogP contribution >= 0.6 is 23.1 Å². The van der Waals surface area contributed by atoms with Crippen LogP contribution in [0.5, 0.6) is 5.75 Å². The molecule has 1 aromatic heterocycles. The fourth-order valence-electron chi connectivity index (χ4n) is 2.87. The van der Waals surface area contributed by atoms with Gasteiger partial charge in [0.1, 0.15) is 5.75 Å². The molecule has 1 heterocycles. The van der Waals surface area contributed by atoms with Crippen LogP contribution in [0.1, 0.15) is 32.6 Å². The van der Waals surface area contributed by atoms with E-state index >= 15 is 0 Å². The number of hydrogen-bond acceptors (Lipinski definition) is 8. The fourth-order valence-corrected chi connectivity index (χ4v) is 4.43. The van der Waals surface area contributed by atoms with Crippen LogP contribution in [0.3, 0.4) is 0 Å². The van der Waals surface area contributed by atoms with E-state index < -0.39 is 6.03 Å². The highest BCUT2D eigenvalue weighted by atomic mass is 32.2. The lowest BCUT2D eigenvalue weighted by Crippen LogP contribution is -2.44. The topological polar surface area (TPSA) is 105 Å². The fraction of sp³-hybridized carbons (Fsp3) is 0.444. The molecule has 0 unspecified atom stereocenters. The van der Waals surface area contributed by atoms with Crippen molar-refractivity contribution < 1.29 is 14.3 Å². The molecule has 2 aromatic rings. The number of imide groups is 1. The molecule has 0 aliphatic heterocycles. The maximum absolute atomic E-state index is 11.9. The number of carbonyl (C=O) groups excluding carboxylic acids is 2. The molecule has 1 fully saturated rings. The van der Waals surface area contributed by atoms with Crippen molar-refractivity contribution in [3.8, 4) is 5.75 Å². The number of nitrogens with one attached hydrogen (secondary N) is 3. The number of para-hydroxylation sites is 2.